The van der Waals surface area contributed by atoms with Crippen LogP contribution in [0.2, 0.25) is 0 Å². The summed E-state index contributed by atoms with van der Waals surface area (Å²) in [5.74, 6) is 0.187. The van der Waals surface area contributed by atoms with Gasteiger partial charge >= 0.3 is 0 Å². The lowest BCUT2D eigenvalue weighted by Gasteiger charge is -2.28. The third-order valence-corrected chi connectivity index (χ3v) is 3.00. The molecule has 3 heteroatoms. The lowest BCUT2D eigenvalue weighted by Crippen LogP contribution is -2.27. The van der Waals surface area contributed by atoms with Gasteiger partial charge in [-0.3, -0.25) is 9.48 Å². The van der Waals surface area contributed by atoms with Crippen LogP contribution in [0.4, 0.5) is 0 Å². The summed E-state index contributed by atoms with van der Waals surface area (Å²) < 4.78 is 1.91. The smallest absolute Gasteiger partial charge is 0.186 e. The molecule has 2 rings (SSSR count). The Balaban J connectivity index is 2.28. The molecule has 0 N–H and O–H groups in total. The van der Waals surface area contributed by atoms with Crippen molar-refractivity contribution < 1.29 is 4.79 Å². The Kier molecular flexibility index (Phi) is 2.41. The van der Waals surface area contributed by atoms with Crippen LogP contribution in [0.1, 0.15) is 56.6 Å². The van der Waals surface area contributed by atoms with Crippen molar-refractivity contribution in [3.8, 4) is 0 Å². The summed E-state index contributed by atoms with van der Waals surface area (Å²) in [4.78, 5) is 12.1. The molecule has 0 aromatic carbocycles. The van der Waals surface area contributed by atoms with Crippen LogP contribution in [0, 0.1) is 5.41 Å². The Labute approximate surface area is 90.5 Å². The fourth-order valence-electron chi connectivity index (χ4n) is 1.80. The van der Waals surface area contributed by atoms with Crippen LogP contribution in [-0.4, -0.2) is 15.6 Å². The van der Waals surface area contributed by atoms with Gasteiger partial charge in [-0.2, -0.15) is 5.10 Å². The zero-order valence-corrected chi connectivity index (χ0v) is 9.66. The van der Waals surface area contributed by atoms with E-state index in [0.29, 0.717) is 6.04 Å². The standard InChI is InChI=1S/C12H18N2O/c1-12(2,3)11(15)10-7-8-13-14(10)9-5-4-6-9/h7-9H,4-6H2,1-3H3. The first-order valence-electron chi connectivity index (χ1n) is 5.58. The van der Waals surface area contributed by atoms with E-state index < -0.39 is 0 Å². The first kappa shape index (κ1) is 10.4. The van der Waals surface area contributed by atoms with E-state index >= 15 is 0 Å². The average Bonchev–Trinajstić information content (AvgIpc) is 2.46. The van der Waals surface area contributed by atoms with Gasteiger partial charge in [0.05, 0.1) is 6.04 Å². The maximum absolute atomic E-state index is 12.1. The molecule has 0 amide bonds. The second-order valence-corrected chi connectivity index (χ2v) is 5.32. The van der Waals surface area contributed by atoms with Crippen LogP contribution < -0.4 is 0 Å². The Bertz CT molecular complexity index is 369. The van der Waals surface area contributed by atoms with Gasteiger partial charge in [0, 0.05) is 11.6 Å². The Morgan fingerprint density at radius 1 is 1.47 bits per heavy atom. The molecule has 1 saturated carbocycles. The first-order chi connectivity index (χ1) is 7.00. The van der Waals surface area contributed by atoms with Gasteiger partial charge in [-0.1, -0.05) is 20.8 Å². The molecular weight excluding hydrogens is 188 g/mol. The van der Waals surface area contributed by atoms with Gasteiger partial charge in [-0.15, -0.1) is 0 Å². The van der Waals surface area contributed by atoms with Crippen molar-refractivity contribution in [1.82, 2.24) is 9.78 Å². The summed E-state index contributed by atoms with van der Waals surface area (Å²) in [5, 5.41) is 4.27. The number of nitrogens with zero attached hydrogens (tertiary/aromatic N) is 2. The molecule has 0 radical (unpaired) electrons. The second-order valence-electron chi connectivity index (χ2n) is 5.32. The highest BCUT2D eigenvalue weighted by Gasteiger charge is 2.29. The maximum Gasteiger partial charge on any atom is 0.186 e. The van der Waals surface area contributed by atoms with Gasteiger partial charge in [0.15, 0.2) is 5.78 Å². The molecule has 1 aliphatic carbocycles. The zero-order valence-electron chi connectivity index (χ0n) is 9.66. The molecule has 0 aliphatic heterocycles. The van der Waals surface area contributed by atoms with Crippen LogP contribution in [-0.2, 0) is 0 Å². The SMILES string of the molecule is CC(C)(C)C(=O)c1ccnn1C1CCC1. The summed E-state index contributed by atoms with van der Waals surface area (Å²) in [6.45, 7) is 5.86. The highest BCUT2D eigenvalue weighted by atomic mass is 16.1. The van der Waals surface area contributed by atoms with E-state index in [-0.39, 0.29) is 11.2 Å². The lowest BCUT2D eigenvalue weighted by atomic mass is 9.87. The number of Topliss-reactive ketones (excluding diaryl/α,β-unsaturated/α-hetero) is 1. The molecule has 82 valence electrons. The minimum atomic E-state index is -0.318. The number of carbonyl (C=O) groups excluding carboxylic acids is 1. The van der Waals surface area contributed by atoms with Crippen LogP contribution >= 0.6 is 0 Å². The Morgan fingerprint density at radius 2 is 2.13 bits per heavy atom. The number of aromatic nitrogens is 2. The number of hydrogen-bond donors (Lipinski definition) is 0. The topological polar surface area (TPSA) is 34.9 Å². The number of carbonyl (C=O) groups is 1. The van der Waals surface area contributed by atoms with E-state index in [0.717, 1.165) is 18.5 Å². The molecule has 15 heavy (non-hydrogen) atoms. The third-order valence-electron chi connectivity index (χ3n) is 3.00. The molecule has 1 aromatic rings. The lowest BCUT2D eigenvalue weighted by molar-refractivity contribution is 0.0839. The summed E-state index contributed by atoms with van der Waals surface area (Å²) in [6.07, 6.45) is 5.31. The fraction of sp³-hybridized carbons (Fsp3) is 0.667. The van der Waals surface area contributed by atoms with Crippen molar-refractivity contribution in [1.29, 1.82) is 0 Å². The largest absolute Gasteiger partial charge is 0.292 e. The predicted octanol–water partition coefficient (Wildman–Crippen LogP) is 2.84. The van der Waals surface area contributed by atoms with Crippen molar-refractivity contribution >= 4 is 5.78 Å². The van der Waals surface area contributed by atoms with Crippen molar-refractivity contribution in [2.45, 2.75) is 46.1 Å². The molecule has 1 fully saturated rings. The van der Waals surface area contributed by atoms with Crippen LogP contribution in [0.5, 0.6) is 0 Å². The molecule has 3 nitrogen and oxygen atoms in total. The molecule has 1 aromatic heterocycles. The minimum absolute atomic E-state index is 0.187. The minimum Gasteiger partial charge on any atom is -0.292 e. The van der Waals surface area contributed by atoms with E-state index in [1.165, 1.54) is 6.42 Å². The summed E-state index contributed by atoms with van der Waals surface area (Å²) >= 11 is 0. The Hall–Kier alpha value is -1.12. The molecule has 0 atom stereocenters. The van der Waals surface area contributed by atoms with Crippen molar-refractivity contribution in [3.63, 3.8) is 0 Å². The molecule has 0 spiro atoms. The number of hydrogen-bond acceptors (Lipinski definition) is 2. The monoisotopic (exact) mass is 206 g/mol. The zero-order chi connectivity index (χ0) is 11.1. The predicted molar refractivity (Wildman–Crippen MR) is 58.9 cm³/mol. The average molecular weight is 206 g/mol. The quantitative estimate of drug-likeness (QED) is 0.697. The van der Waals surface area contributed by atoms with Crippen LogP contribution in [0.3, 0.4) is 0 Å². The van der Waals surface area contributed by atoms with E-state index in [9.17, 15) is 4.79 Å². The van der Waals surface area contributed by atoms with E-state index in [4.69, 9.17) is 0 Å². The third kappa shape index (κ3) is 1.83. The van der Waals surface area contributed by atoms with E-state index in [1.54, 1.807) is 6.20 Å². The molecule has 0 bridgehead atoms. The molecule has 1 aliphatic rings. The normalized spacial score (nSPS) is 17.5. The summed E-state index contributed by atoms with van der Waals surface area (Å²) in [7, 11) is 0. The molecular formula is C12H18N2O. The summed E-state index contributed by atoms with van der Waals surface area (Å²) in [5.41, 5.74) is 0.453. The molecule has 0 unspecified atom stereocenters. The van der Waals surface area contributed by atoms with Crippen molar-refractivity contribution in [2.24, 2.45) is 5.41 Å². The van der Waals surface area contributed by atoms with Crippen molar-refractivity contribution in [3.05, 3.63) is 18.0 Å². The second kappa shape index (κ2) is 3.47. The highest BCUT2D eigenvalue weighted by Crippen LogP contribution is 2.33. The van der Waals surface area contributed by atoms with Crippen LogP contribution in [0.15, 0.2) is 12.3 Å². The Morgan fingerprint density at radius 3 is 2.60 bits per heavy atom. The summed E-state index contributed by atoms with van der Waals surface area (Å²) in [6, 6.07) is 2.30. The van der Waals surface area contributed by atoms with E-state index in [2.05, 4.69) is 5.10 Å². The van der Waals surface area contributed by atoms with Crippen molar-refractivity contribution in [2.75, 3.05) is 0 Å². The maximum atomic E-state index is 12.1. The van der Waals surface area contributed by atoms with Gasteiger partial charge in [-0.25, -0.2) is 0 Å². The van der Waals surface area contributed by atoms with E-state index in [1.807, 2.05) is 31.5 Å². The molecule has 0 saturated heterocycles. The van der Waals surface area contributed by atoms with Gasteiger partial charge < -0.3 is 0 Å². The van der Waals surface area contributed by atoms with Gasteiger partial charge in [0.25, 0.3) is 0 Å². The van der Waals surface area contributed by atoms with Gasteiger partial charge in [-0.05, 0) is 25.3 Å². The number of rotatable bonds is 2. The highest BCUT2D eigenvalue weighted by molar-refractivity contribution is 5.98. The first-order valence-corrected chi connectivity index (χ1v) is 5.58. The fourth-order valence-corrected chi connectivity index (χ4v) is 1.80. The number of ketones is 1. The van der Waals surface area contributed by atoms with Gasteiger partial charge in [0.1, 0.15) is 5.69 Å². The molecule has 1 heterocycles. The van der Waals surface area contributed by atoms with Gasteiger partial charge in [0.2, 0.25) is 0 Å². The van der Waals surface area contributed by atoms with Crippen LogP contribution in [0.25, 0.3) is 0 Å².